The van der Waals surface area contributed by atoms with Crippen LogP contribution in [0.2, 0.25) is 5.02 Å². The molecule has 0 bridgehead atoms. The fourth-order valence-corrected chi connectivity index (χ4v) is 2.89. The zero-order valence-corrected chi connectivity index (χ0v) is 16.8. The van der Waals surface area contributed by atoms with E-state index in [-0.39, 0.29) is 23.8 Å². The molecule has 2 aromatic carbocycles. The van der Waals surface area contributed by atoms with Gasteiger partial charge in [0.2, 0.25) is 0 Å². The molecular weight excluding hydrogens is 394 g/mol. The zero-order valence-electron chi connectivity index (χ0n) is 16.0. The highest BCUT2D eigenvalue weighted by molar-refractivity contribution is 6.30. The van der Waals surface area contributed by atoms with Gasteiger partial charge in [-0.1, -0.05) is 41.9 Å². The predicted octanol–water partition coefficient (Wildman–Crippen LogP) is 3.10. The summed E-state index contributed by atoms with van der Waals surface area (Å²) in [5.74, 6) is -1.22. The average Bonchev–Trinajstić information content (AvgIpc) is 2.71. The van der Waals surface area contributed by atoms with Crippen LogP contribution < -0.4 is 10.9 Å². The molecule has 0 radical (unpaired) electrons. The van der Waals surface area contributed by atoms with Crippen molar-refractivity contribution in [3.8, 4) is 0 Å². The third-order valence-electron chi connectivity index (χ3n) is 4.25. The Morgan fingerprint density at radius 1 is 1.10 bits per heavy atom. The summed E-state index contributed by atoms with van der Waals surface area (Å²) in [6.45, 7) is 3.42. The topological polar surface area (TPSA) is 90.3 Å². The van der Waals surface area contributed by atoms with Gasteiger partial charge in [0, 0.05) is 17.0 Å². The molecule has 8 heteroatoms. The molecule has 1 N–H and O–H groups in total. The van der Waals surface area contributed by atoms with E-state index in [0.29, 0.717) is 15.8 Å². The number of benzene rings is 2. The van der Waals surface area contributed by atoms with Gasteiger partial charge in [-0.25, -0.2) is 9.48 Å². The summed E-state index contributed by atoms with van der Waals surface area (Å²) < 4.78 is 6.37. The number of fused-ring (bicyclic) bond motifs is 1. The maximum Gasteiger partial charge on any atom is 0.359 e. The van der Waals surface area contributed by atoms with Gasteiger partial charge in [0.25, 0.3) is 11.5 Å². The summed E-state index contributed by atoms with van der Waals surface area (Å²) in [7, 11) is 0. The standard InChI is InChI=1S/C21H20ClN3O4/c1-13(2)25-20(27)17-6-4-3-5-16(17)19(24-25)21(28)29-12-18(26)23-11-14-7-9-15(22)10-8-14/h3-10,13H,11-12H2,1-2H3,(H,23,26). The van der Waals surface area contributed by atoms with E-state index in [4.69, 9.17) is 16.3 Å². The van der Waals surface area contributed by atoms with Gasteiger partial charge in [0.05, 0.1) is 11.4 Å². The third-order valence-corrected chi connectivity index (χ3v) is 4.50. The Bertz CT molecular complexity index is 1110. The molecule has 29 heavy (non-hydrogen) atoms. The molecule has 0 fully saturated rings. The van der Waals surface area contributed by atoms with Crippen molar-refractivity contribution >= 4 is 34.2 Å². The predicted molar refractivity (Wildman–Crippen MR) is 110 cm³/mol. The van der Waals surface area contributed by atoms with E-state index in [1.165, 1.54) is 4.68 Å². The Hall–Kier alpha value is -3.19. The van der Waals surface area contributed by atoms with Crippen molar-refractivity contribution in [3.63, 3.8) is 0 Å². The molecule has 0 saturated carbocycles. The smallest absolute Gasteiger partial charge is 0.359 e. The summed E-state index contributed by atoms with van der Waals surface area (Å²) in [5, 5.41) is 8.20. The summed E-state index contributed by atoms with van der Waals surface area (Å²) in [6.07, 6.45) is 0. The largest absolute Gasteiger partial charge is 0.451 e. The third kappa shape index (κ3) is 4.81. The number of halogens is 1. The Balaban J connectivity index is 1.71. The van der Waals surface area contributed by atoms with Crippen molar-refractivity contribution in [1.82, 2.24) is 15.1 Å². The molecule has 3 rings (SSSR count). The quantitative estimate of drug-likeness (QED) is 0.627. The Kier molecular flexibility index (Phi) is 6.29. The molecule has 0 unspecified atom stereocenters. The number of carbonyl (C=O) groups is 2. The molecule has 0 spiro atoms. The molecule has 0 aliphatic rings. The first kappa shape index (κ1) is 20.5. The molecular formula is C21H20ClN3O4. The minimum absolute atomic E-state index is 0.000554. The number of rotatable bonds is 6. The summed E-state index contributed by atoms with van der Waals surface area (Å²) >= 11 is 5.83. The normalized spacial score (nSPS) is 10.9. The van der Waals surface area contributed by atoms with Gasteiger partial charge in [-0.2, -0.15) is 5.10 Å². The first-order valence-corrected chi connectivity index (χ1v) is 9.44. The number of aromatic nitrogens is 2. The van der Waals surface area contributed by atoms with E-state index >= 15 is 0 Å². The lowest BCUT2D eigenvalue weighted by atomic mass is 10.1. The highest BCUT2D eigenvalue weighted by atomic mass is 35.5. The second-order valence-corrected chi connectivity index (χ2v) is 7.15. The number of hydrogen-bond acceptors (Lipinski definition) is 5. The number of esters is 1. The minimum atomic E-state index is -0.766. The molecule has 7 nitrogen and oxygen atoms in total. The van der Waals surface area contributed by atoms with Crippen molar-refractivity contribution in [2.45, 2.75) is 26.4 Å². The van der Waals surface area contributed by atoms with Gasteiger partial charge in [-0.3, -0.25) is 9.59 Å². The van der Waals surface area contributed by atoms with Crippen LogP contribution >= 0.6 is 11.6 Å². The number of ether oxygens (including phenoxy) is 1. The molecule has 0 saturated heterocycles. The van der Waals surface area contributed by atoms with Crippen LogP contribution in [0.15, 0.2) is 53.3 Å². The van der Waals surface area contributed by atoms with Gasteiger partial charge in [-0.05, 0) is 37.6 Å². The van der Waals surface area contributed by atoms with Gasteiger partial charge >= 0.3 is 5.97 Å². The molecule has 0 aliphatic heterocycles. The molecule has 3 aromatic rings. The van der Waals surface area contributed by atoms with E-state index in [0.717, 1.165) is 5.56 Å². The fourth-order valence-electron chi connectivity index (χ4n) is 2.76. The van der Waals surface area contributed by atoms with E-state index in [2.05, 4.69) is 10.4 Å². The number of amides is 1. The Morgan fingerprint density at radius 3 is 2.41 bits per heavy atom. The summed E-state index contributed by atoms with van der Waals surface area (Å²) in [6, 6.07) is 13.5. The summed E-state index contributed by atoms with van der Waals surface area (Å²) in [4.78, 5) is 37.1. The van der Waals surface area contributed by atoms with Gasteiger partial charge in [0.15, 0.2) is 12.3 Å². The van der Waals surface area contributed by atoms with Gasteiger partial charge < -0.3 is 10.1 Å². The van der Waals surface area contributed by atoms with Crippen LogP contribution in [0.1, 0.15) is 35.9 Å². The second kappa shape index (κ2) is 8.87. The lowest BCUT2D eigenvalue weighted by Crippen LogP contribution is -2.30. The highest BCUT2D eigenvalue weighted by Crippen LogP contribution is 2.15. The maximum atomic E-state index is 12.6. The van der Waals surface area contributed by atoms with E-state index in [1.807, 2.05) is 0 Å². The van der Waals surface area contributed by atoms with E-state index < -0.39 is 18.5 Å². The van der Waals surface area contributed by atoms with Crippen LogP contribution in [0.25, 0.3) is 10.8 Å². The Labute approximate surface area is 172 Å². The summed E-state index contributed by atoms with van der Waals surface area (Å²) in [5.41, 5.74) is 0.581. The second-order valence-electron chi connectivity index (χ2n) is 6.72. The number of carbonyl (C=O) groups excluding carboxylic acids is 2. The van der Waals surface area contributed by atoms with Gasteiger partial charge in [0.1, 0.15) is 0 Å². The number of nitrogens with one attached hydrogen (secondary N) is 1. The first-order valence-electron chi connectivity index (χ1n) is 9.06. The van der Waals surface area contributed by atoms with Crippen LogP contribution in [-0.2, 0) is 16.1 Å². The van der Waals surface area contributed by atoms with Crippen LogP contribution in [0.4, 0.5) is 0 Å². The fraction of sp³-hybridized carbons (Fsp3) is 0.238. The lowest BCUT2D eigenvalue weighted by molar-refractivity contribution is -0.124. The van der Waals surface area contributed by atoms with Crippen molar-refractivity contribution in [2.24, 2.45) is 0 Å². The van der Waals surface area contributed by atoms with Crippen LogP contribution in [-0.4, -0.2) is 28.3 Å². The molecule has 150 valence electrons. The lowest BCUT2D eigenvalue weighted by Gasteiger charge is -2.13. The first-order chi connectivity index (χ1) is 13.9. The molecule has 1 aromatic heterocycles. The minimum Gasteiger partial charge on any atom is -0.451 e. The van der Waals surface area contributed by atoms with Crippen LogP contribution in [0, 0.1) is 0 Å². The maximum absolute atomic E-state index is 12.6. The van der Waals surface area contributed by atoms with E-state index in [9.17, 15) is 14.4 Å². The van der Waals surface area contributed by atoms with E-state index in [1.54, 1.807) is 62.4 Å². The number of hydrogen-bond donors (Lipinski definition) is 1. The monoisotopic (exact) mass is 413 g/mol. The van der Waals surface area contributed by atoms with Crippen molar-refractivity contribution in [1.29, 1.82) is 0 Å². The number of nitrogens with zero attached hydrogens (tertiary/aromatic N) is 2. The van der Waals surface area contributed by atoms with Crippen LogP contribution in [0.3, 0.4) is 0 Å². The SMILES string of the molecule is CC(C)n1nc(C(=O)OCC(=O)NCc2ccc(Cl)cc2)c2ccccc2c1=O. The van der Waals surface area contributed by atoms with Crippen molar-refractivity contribution in [3.05, 3.63) is 75.2 Å². The zero-order chi connectivity index (χ0) is 21.0. The molecule has 1 amide bonds. The molecule has 0 atom stereocenters. The highest BCUT2D eigenvalue weighted by Gasteiger charge is 2.19. The Morgan fingerprint density at radius 2 is 1.76 bits per heavy atom. The van der Waals surface area contributed by atoms with Crippen molar-refractivity contribution < 1.29 is 14.3 Å². The average molecular weight is 414 g/mol. The van der Waals surface area contributed by atoms with Gasteiger partial charge in [-0.15, -0.1) is 0 Å². The van der Waals surface area contributed by atoms with Crippen molar-refractivity contribution in [2.75, 3.05) is 6.61 Å². The molecule has 0 aliphatic carbocycles. The molecule has 1 heterocycles. The van der Waals surface area contributed by atoms with Crippen LogP contribution in [0.5, 0.6) is 0 Å².